The van der Waals surface area contributed by atoms with E-state index in [0.29, 0.717) is 0 Å². The molecule has 0 radical (unpaired) electrons. The summed E-state index contributed by atoms with van der Waals surface area (Å²) >= 11 is 0. The molecule has 2 aromatic carbocycles. The van der Waals surface area contributed by atoms with Crippen molar-refractivity contribution >= 4 is 10.9 Å². The van der Waals surface area contributed by atoms with E-state index in [-0.39, 0.29) is 5.56 Å². The fourth-order valence-corrected chi connectivity index (χ4v) is 2.30. The van der Waals surface area contributed by atoms with Gasteiger partial charge in [-0.25, -0.2) is 0 Å². The molecule has 1 N–H and O–H groups in total. The first-order valence-corrected chi connectivity index (χ1v) is 5.94. The molecule has 18 heavy (non-hydrogen) atoms. The van der Waals surface area contributed by atoms with Gasteiger partial charge in [-0.15, -0.1) is 0 Å². The Morgan fingerprint density at radius 1 is 0.889 bits per heavy atom. The predicted octanol–water partition coefficient (Wildman–Crippen LogP) is 3.50. The number of aromatic amines is 1. The van der Waals surface area contributed by atoms with Gasteiger partial charge in [0.05, 0.1) is 0 Å². The molecular formula is C16H13NO. The van der Waals surface area contributed by atoms with Gasteiger partial charge in [0.1, 0.15) is 0 Å². The summed E-state index contributed by atoms with van der Waals surface area (Å²) in [4.78, 5) is 14.6. The van der Waals surface area contributed by atoms with Crippen molar-refractivity contribution in [3.8, 4) is 11.1 Å². The van der Waals surface area contributed by atoms with Gasteiger partial charge in [-0.05, 0) is 29.7 Å². The van der Waals surface area contributed by atoms with E-state index in [1.54, 1.807) is 6.07 Å². The third-order valence-corrected chi connectivity index (χ3v) is 3.19. The zero-order valence-electron chi connectivity index (χ0n) is 10.1. The van der Waals surface area contributed by atoms with Crippen molar-refractivity contribution in [2.75, 3.05) is 0 Å². The molecule has 0 aliphatic carbocycles. The number of hydrogen-bond acceptors (Lipinski definition) is 1. The van der Waals surface area contributed by atoms with E-state index < -0.39 is 0 Å². The second-order valence-corrected chi connectivity index (χ2v) is 4.41. The van der Waals surface area contributed by atoms with Gasteiger partial charge in [-0.1, -0.05) is 42.5 Å². The molecular weight excluding hydrogens is 222 g/mol. The van der Waals surface area contributed by atoms with Crippen LogP contribution in [0.4, 0.5) is 0 Å². The SMILES string of the molecule is Cc1ccccc1-c1cc(=O)[nH]c2ccccc12. The maximum absolute atomic E-state index is 11.7. The van der Waals surface area contributed by atoms with E-state index in [2.05, 4.69) is 24.0 Å². The Bertz CT molecular complexity index is 771. The smallest absolute Gasteiger partial charge is 0.249 e. The number of hydrogen-bond donors (Lipinski definition) is 1. The molecule has 0 saturated heterocycles. The lowest BCUT2D eigenvalue weighted by Gasteiger charge is -2.08. The molecule has 2 nitrogen and oxygen atoms in total. The largest absolute Gasteiger partial charge is 0.322 e. The Morgan fingerprint density at radius 3 is 2.44 bits per heavy atom. The van der Waals surface area contributed by atoms with Gasteiger partial charge in [0.2, 0.25) is 5.56 Å². The van der Waals surface area contributed by atoms with Gasteiger partial charge in [-0.3, -0.25) is 4.79 Å². The fraction of sp³-hybridized carbons (Fsp3) is 0.0625. The molecule has 0 atom stereocenters. The Morgan fingerprint density at radius 2 is 1.61 bits per heavy atom. The Hall–Kier alpha value is -2.35. The number of benzene rings is 2. The van der Waals surface area contributed by atoms with Crippen molar-refractivity contribution in [3.05, 3.63) is 70.5 Å². The molecule has 1 heterocycles. The summed E-state index contributed by atoms with van der Waals surface area (Å²) in [5, 5.41) is 1.08. The number of para-hydroxylation sites is 1. The van der Waals surface area contributed by atoms with Gasteiger partial charge in [0.25, 0.3) is 0 Å². The highest BCUT2D eigenvalue weighted by Gasteiger charge is 2.07. The van der Waals surface area contributed by atoms with Crippen LogP contribution in [0.25, 0.3) is 22.0 Å². The molecule has 1 aromatic heterocycles. The Balaban J connectivity index is 2.42. The number of fused-ring (bicyclic) bond motifs is 1. The molecule has 0 amide bonds. The van der Waals surface area contributed by atoms with Crippen LogP contribution in [-0.4, -0.2) is 4.98 Å². The first-order valence-electron chi connectivity index (χ1n) is 5.94. The van der Waals surface area contributed by atoms with Crippen LogP contribution in [0.2, 0.25) is 0 Å². The van der Waals surface area contributed by atoms with E-state index in [1.165, 1.54) is 5.56 Å². The second-order valence-electron chi connectivity index (χ2n) is 4.41. The molecule has 3 rings (SSSR count). The zero-order chi connectivity index (χ0) is 12.5. The third-order valence-electron chi connectivity index (χ3n) is 3.19. The average molecular weight is 235 g/mol. The summed E-state index contributed by atoms with van der Waals surface area (Å²) in [6.45, 7) is 2.06. The van der Waals surface area contributed by atoms with Crippen molar-refractivity contribution in [3.63, 3.8) is 0 Å². The molecule has 88 valence electrons. The summed E-state index contributed by atoms with van der Waals surface area (Å²) in [6.07, 6.45) is 0. The maximum atomic E-state index is 11.7. The van der Waals surface area contributed by atoms with Crippen LogP contribution in [0, 0.1) is 6.92 Å². The minimum atomic E-state index is -0.0630. The summed E-state index contributed by atoms with van der Waals surface area (Å²) in [5.74, 6) is 0. The first-order chi connectivity index (χ1) is 8.75. The topological polar surface area (TPSA) is 32.9 Å². The van der Waals surface area contributed by atoms with E-state index in [9.17, 15) is 4.79 Å². The summed E-state index contributed by atoms with van der Waals surface area (Å²) in [5.41, 5.74) is 4.09. The molecule has 0 saturated carbocycles. The lowest BCUT2D eigenvalue weighted by atomic mass is 9.97. The molecule has 3 aromatic rings. The van der Waals surface area contributed by atoms with E-state index in [4.69, 9.17) is 0 Å². The highest BCUT2D eigenvalue weighted by Crippen LogP contribution is 2.28. The number of pyridine rings is 1. The number of nitrogens with one attached hydrogen (secondary N) is 1. The lowest BCUT2D eigenvalue weighted by Crippen LogP contribution is -2.04. The van der Waals surface area contributed by atoms with Crippen LogP contribution in [0.15, 0.2) is 59.4 Å². The van der Waals surface area contributed by atoms with Gasteiger partial charge in [0.15, 0.2) is 0 Å². The van der Waals surface area contributed by atoms with Crippen molar-refractivity contribution < 1.29 is 0 Å². The van der Waals surface area contributed by atoms with E-state index in [0.717, 1.165) is 22.0 Å². The van der Waals surface area contributed by atoms with Gasteiger partial charge in [-0.2, -0.15) is 0 Å². The highest BCUT2D eigenvalue weighted by atomic mass is 16.1. The minimum Gasteiger partial charge on any atom is -0.322 e. The van der Waals surface area contributed by atoms with Crippen LogP contribution < -0.4 is 5.56 Å². The van der Waals surface area contributed by atoms with Crippen LogP contribution in [0.5, 0.6) is 0 Å². The van der Waals surface area contributed by atoms with Crippen LogP contribution in [0.3, 0.4) is 0 Å². The predicted molar refractivity (Wildman–Crippen MR) is 74.7 cm³/mol. The maximum Gasteiger partial charge on any atom is 0.249 e. The van der Waals surface area contributed by atoms with Crippen molar-refractivity contribution in [2.45, 2.75) is 6.92 Å². The molecule has 0 aliphatic rings. The standard InChI is InChI=1S/C16H13NO/c1-11-6-2-3-7-12(11)14-10-16(18)17-15-9-5-4-8-13(14)15/h2-10H,1H3,(H,17,18). The Labute approximate surface area is 105 Å². The second kappa shape index (κ2) is 4.15. The van der Waals surface area contributed by atoms with Crippen molar-refractivity contribution in [1.29, 1.82) is 0 Å². The quantitative estimate of drug-likeness (QED) is 0.688. The van der Waals surface area contributed by atoms with Crippen LogP contribution >= 0.6 is 0 Å². The first kappa shape index (κ1) is 10.8. The average Bonchev–Trinajstić information content (AvgIpc) is 2.38. The molecule has 0 spiro atoms. The highest BCUT2D eigenvalue weighted by molar-refractivity contribution is 5.94. The van der Waals surface area contributed by atoms with Gasteiger partial charge in [0, 0.05) is 17.0 Å². The molecule has 0 fully saturated rings. The summed E-state index contributed by atoms with van der Waals surface area (Å²) in [6, 6.07) is 17.7. The molecule has 0 aliphatic heterocycles. The van der Waals surface area contributed by atoms with Crippen LogP contribution in [0.1, 0.15) is 5.56 Å². The molecule has 0 bridgehead atoms. The monoisotopic (exact) mass is 235 g/mol. The molecule has 0 unspecified atom stereocenters. The van der Waals surface area contributed by atoms with E-state index in [1.807, 2.05) is 36.4 Å². The lowest BCUT2D eigenvalue weighted by molar-refractivity contribution is 1.30. The summed E-state index contributed by atoms with van der Waals surface area (Å²) in [7, 11) is 0. The third kappa shape index (κ3) is 1.72. The normalized spacial score (nSPS) is 10.7. The minimum absolute atomic E-state index is 0.0630. The van der Waals surface area contributed by atoms with Gasteiger partial charge < -0.3 is 4.98 Å². The van der Waals surface area contributed by atoms with E-state index >= 15 is 0 Å². The number of aryl methyl sites for hydroxylation is 1. The number of aromatic nitrogens is 1. The van der Waals surface area contributed by atoms with Gasteiger partial charge >= 0.3 is 0 Å². The fourth-order valence-electron chi connectivity index (χ4n) is 2.30. The number of rotatable bonds is 1. The van der Waals surface area contributed by atoms with Crippen LogP contribution in [-0.2, 0) is 0 Å². The zero-order valence-corrected chi connectivity index (χ0v) is 10.1. The number of H-pyrrole nitrogens is 1. The van der Waals surface area contributed by atoms with Crippen molar-refractivity contribution in [2.24, 2.45) is 0 Å². The van der Waals surface area contributed by atoms with Crippen molar-refractivity contribution in [1.82, 2.24) is 4.98 Å². The molecule has 2 heteroatoms. The Kier molecular flexibility index (Phi) is 2.49. The summed E-state index contributed by atoms with van der Waals surface area (Å²) < 4.78 is 0.